The lowest BCUT2D eigenvalue weighted by molar-refractivity contribution is 0.282. The Morgan fingerprint density at radius 2 is 1.94 bits per heavy atom. The molecule has 0 aromatic carbocycles. The predicted octanol–water partition coefficient (Wildman–Crippen LogP) is 4.45. The largest absolute Gasteiger partial charge is 0.330 e. The van der Waals surface area contributed by atoms with Gasteiger partial charge < -0.3 is 5.73 Å². The highest BCUT2D eigenvalue weighted by Crippen LogP contribution is 2.43. The molecule has 1 nitrogen and oxygen atoms in total. The number of rotatable bonds is 4. The van der Waals surface area contributed by atoms with Crippen molar-refractivity contribution < 1.29 is 0 Å². The standard InChI is InChI=1S/C16H31NS/c1-3-13-7-8-14(11-17)16(10-13)18-15-6-4-5-12(2)9-15/h12-16H,3-11,17H2,1-2H3. The smallest absolute Gasteiger partial charge is 0.00927 e. The maximum absolute atomic E-state index is 6.00. The lowest BCUT2D eigenvalue weighted by atomic mass is 9.80. The molecule has 0 saturated heterocycles. The van der Waals surface area contributed by atoms with E-state index in [1.54, 1.807) is 0 Å². The fourth-order valence-electron chi connectivity index (χ4n) is 3.83. The number of hydrogen-bond donors (Lipinski definition) is 1. The van der Waals surface area contributed by atoms with Gasteiger partial charge in [-0.15, -0.1) is 0 Å². The van der Waals surface area contributed by atoms with E-state index in [1.165, 1.54) is 51.4 Å². The normalized spacial score (nSPS) is 41.8. The fraction of sp³-hybridized carbons (Fsp3) is 1.00. The predicted molar refractivity (Wildman–Crippen MR) is 83.0 cm³/mol. The SMILES string of the molecule is CCC1CCC(CN)C(SC2CCCC(C)C2)C1. The molecule has 0 bridgehead atoms. The summed E-state index contributed by atoms with van der Waals surface area (Å²) in [7, 11) is 0. The van der Waals surface area contributed by atoms with Crippen LogP contribution in [0.2, 0.25) is 0 Å². The second-order valence-corrected chi connectivity index (χ2v) is 8.20. The summed E-state index contributed by atoms with van der Waals surface area (Å²) < 4.78 is 0. The van der Waals surface area contributed by atoms with Crippen molar-refractivity contribution in [3.63, 3.8) is 0 Å². The van der Waals surface area contributed by atoms with Gasteiger partial charge in [0.1, 0.15) is 0 Å². The van der Waals surface area contributed by atoms with Crippen LogP contribution in [0.25, 0.3) is 0 Å². The lowest BCUT2D eigenvalue weighted by Gasteiger charge is -2.38. The van der Waals surface area contributed by atoms with Gasteiger partial charge in [-0.3, -0.25) is 0 Å². The third-order valence-corrected chi connectivity index (χ3v) is 6.91. The van der Waals surface area contributed by atoms with Crippen LogP contribution in [-0.2, 0) is 0 Å². The topological polar surface area (TPSA) is 26.0 Å². The second-order valence-electron chi connectivity index (χ2n) is 6.65. The highest BCUT2D eigenvalue weighted by molar-refractivity contribution is 8.00. The third-order valence-electron chi connectivity index (χ3n) is 5.17. The summed E-state index contributed by atoms with van der Waals surface area (Å²) in [4.78, 5) is 0. The van der Waals surface area contributed by atoms with Gasteiger partial charge in [0.15, 0.2) is 0 Å². The monoisotopic (exact) mass is 269 g/mol. The molecule has 5 atom stereocenters. The van der Waals surface area contributed by atoms with Crippen molar-refractivity contribution in [2.24, 2.45) is 23.5 Å². The summed E-state index contributed by atoms with van der Waals surface area (Å²) in [6.45, 7) is 5.71. The van der Waals surface area contributed by atoms with Crippen LogP contribution in [0.1, 0.15) is 65.2 Å². The van der Waals surface area contributed by atoms with Crippen LogP contribution in [0.15, 0.2) is 0 Å². The fourth-order valence-corrected chi connectivity index (χ4v) is 5.92. The Kier molecular flexibility index (Phi) is 5.88. The van der Waals surface area contributed by atoms with E-state index >= 15 is 0 Å². The Balaban J connectivity index is 1.87. The molecule has 18 heavy (non-hydrogen) atoms. The Hall–Kier alpha value is 0.310. The molecule has 2 N–H and O–H groups in total. The maximum Gasteiger partial charge on any atom is 0.00927 e. The molecule has 0 aromatic heterocycles. The summed E-state index contributed by atoms with van der Waals surface area (Å²) in [5, 5.41) is 1.80. The van der Waals surface area contributed by atoms with E-state index in [9.17, 15) is 0 Å². The van der Waals surface area contributed by atoms with E-state index in [0.717, 1.165) is 34.8 Å². The van der Waals surface area contributed by atoms with Gasteiger partial charge in [-0.1, -0.05) is 39.5 Å². The molecule has 2 aliphatic rings. The molecule has 2 aliphatic carbocycles. The molecule has 2 heteroatoms. The Morgan fingerprint density at radius 3 is 2.61 bits per heavy atom. The third kappa shape index (κ3) is 3.90. The number of nitrogens with two attached hydrogens (primary N) is 1. The van der Waals surface area contributed by atoms with Gasteiger partial charge >= 0.3 is 0 Å². The minimum Gasteiger partial charge on any atom is -0.330 e. The van der Waals surface area contributed by atoms with Gasteiger partial charge in [0.2, 0.25) is 0 Å². The van der Waals surface area contributed by atoms with Crippen LogP contribution in [0, 0.1) is 17.8 Å². The van der Waals surface area contributed by atoms with E-state index in [4.69, 9.17) is 5.73 Å². The molecule has 2 rings (SSSR count). The molecule has 0 amide bonds. The summed E-state index contributed by atoms with van der Waals surface area (Å²) >= 11 is 2.32. The van der Waals surface area contributed by atoms with Crippen molar-refractivity contribution in [3.05, 3.63) is 0 Å². The van der Waals surface area contributed by atoms with Gasteiger partial charge in [-0.2, -0.15) is 11.8 Å². The number of hydrogen-bond acceptors (Lipinski definition) is 2. The lowest BCUT2D eigenvalue weighted by Crippen LogP contribution is -2.34. The zero-order chi connectivity index (χ0) is 13.0. The van der Waals surface area contributed by atoms with Gasteiger partial charge in [-0.05, 0) is 50.0 Å². The Morgan fingerprint density at radius 1 is 1.11 bits per heavy atom. The van der Waals surface area contributed by atoms with Crippen LogP contribution in [0.5, 0.6) is 0 Å². The summed E-state index contributed by atoms with van der Waals surface area (Å²) in [5.41, 5.74) is 6.00. The average molecular weight is 269 g/mol. The van der Waals surface area contributed by atoms with Crippen LogP contribution in [0.3, 0.4) is 0 Å². The van der Waals surface area contributed by atoms with Crippen LogP contribution >= 0.6 is 11.8 Å². The summed E-state index contributed by atoms with van der Waals surface area (Å²) in [5.74, 6) is 2.74. The minimum atomic E-state index is 0.801. The van der Waals surface area contributed by atoms with Crippen molar-refractivity contribution in [2.75, 3.05) is 6.54 Å². The zero-order valence-corrected chi connectivity index (χ0v) is 13.1. The van der Waals surface area contributed by atoms with E-state index in [1.807, 2.05) is 0 Å². The highest BCUT2D eigenvalue weighted by atomic mass is 32.2. The first kappa shape index (κ1) is 14.7. The molecule has 0 radical (unpaired) electrons. The van der Waals surface area contributed by atoms with Crippen molar-refractivity contribution >= 4 is 11.8 Å². The molecular weight excluding hydrogens is 238 g/mol. The van der Waals surface area contributed by atoms with Crippen molar-refractivity contribution in [1.82, 2.24) is 0 Å². The molecule has 0 spiro atoms. The molecule has 5 unspecified atom stereocenters. The highest BCUT2D eigenvalue weighted by Gasteiger charge is 2.32. The first-order valence-electron chi connectivity index (χ1n) is 8.08. The maximum atomic E-state index is 6.00. The Bertz CT molecular complexity index is 243. The van der Waals surface area contributed by atoms with Gasteiger partial charge in [0.25, 0.3) is 0 Å². The van der Waals surface area contributed by atoms with Gasteiger partial charge in [-0.25, -0.2) is 0 Å². The van der Waals surface area contributed by atoms with Crippen LogP contribution in [-0.4, -0.2) is 17.0 Å². The number of thioether (sulfide) groups is 1. The molecule has 106 valence electrons. The average Bonchev–Trinajstić information content (AvgIpc) is 2.38. The van der Waals surface area contributed by atoms with E-state index in [2.05, 4.69) is 25.6 Å². The second kappa shape index (κ2) is 7.19. The van der Waals surface area contributed by atoms with E-state index in [0.29, 0.717) is 0 Å². The van der Waals surface area contributed by atoms with E-state index < -0.39 is 0 Å². The molecular formula is C16H31NS. The first-order chi connectivity index (χ1) is 8.72. The molecule has 2 fully saturated rings. The summed E-state index contributed by atoms with van der Waals surface area (Å²) in [6.07, 6.45) is 11.4. The van der Waals surface area contributed by atoms with Gasteiger partial charge in [0, 0.05) is 10.5 Å². The quantitative estimate of drug-likeness (QED) is 0.816. The van der Waals surface area contributed by atoms with Crippen LogP contribution in [0.4, 0.5) is 0 Å². The minimum absolute atomic E-state index is 0.801. The van der Waals surface area contributed by atoms with E-state index in [-0.39, 0.29) is 0 Å². The molecule has 0 aromatic rings. The Labute approximate surface area is 118 Å². The van der Waals surface area contributed by atoms with Crippen molar-refractivity contribution in [3.8, 4) is 0 Å². The molecule has 2 saturated carbocycles. The summed E-state index contributed by atoms with van der Waals surface area (Å²) in [6, 6.07) is 0. The molecule has 0 aliphatic heterocycles. The van der Waals surface area contributed by atoms with Crippen molar-refractivity contribution in [1.29, 1.82) is 0 Å². The molecule has 0 heterocycles. The van der Waals surface area contributed by atoms with Crippen molar-refractivity contribution in [2.45, 2.75) is 75.7 Å². The first-order valence-corrected chi connectivity index (χ1v) is 9.02. The van der Waals surface area contributed by atoms with Crippen LogP contribution < -0.4 is 5.73 Å². The van der Waals surface area contributed by atoms with Gasteiger partial charge in [0.05, 0.1) is 0 Å². The zero-order valence-electron chi connectivity index (χ0n) is 12.2.